The molecule has 1 aromatic carbocycles. The van der Waals surface area contributed by atoms with Gasteiger partial charge in [-0.2, -0.15) is 0 Å². The number of rotatable bonds is 6. The van der Waals surface area contributed by atoms with E-state index in [1.54, 1.807) is 31.2 Å². The lowest BCUT2D eigenvalue weighted by molar-refractivity contribution is 0.173. The number of hydrogen-bond donors (Lipinski definition) is 3. The summed E-state index contributed by atoms with van der Waals surface area (Å²) < 4.78 is 26.2. The van der Waals surface area contributed by atoms with Gasteiger partial charge in [0.15, 0.2) is 0 Å². The highest BCUT2D eigenvalue weighted by Crippen LogP contribution is 2.31. The second-order valence-electron chi connectivity index (χ2n) is 5.65. The average molecular weight is 312 g/mol. The zero-order chi connectivity index (χ0) is 15.3. The van der Waals surface area contributed by atoms with Crippen LogP contribution in [0.15, 0.2) is 29.2 Å². The third kappa shape index (κ3) is 3.96. The Hall–Kier alpha value is -1.11. The summed E-state index contributed by atoms with van der Waals surface area (Å²) in [4.78, 5) is 0.261. The van der Waals surface area contributed by atoms with Crippen LogP contribution in [0.3, 0.4) is 0 Å². The van der Waals surface area contributed by atoms with Gasteiger partial charge in [-0.1, -0.05) is 26.2 Å². The van der Waals surface area contributed by atoms with E-state index in [4.69, 9.17) is 0 Å². The molecule has 0 saturated heterocycles. The lowest BCUT2D eigenvalue weighted by atomic mass is 9.82. The van der Waals surface area contributed by atoms with Gasteiger partial charge in [-0.3, -0.25) is 0 Å². The second kappa shape index (κ2) is 6.77. The SMILES string of the molecule is CCNS(=O)(=O)c1ccc(NC2(CO)CCCCC2)cc1. The van der Waals surface area contributed by atoms with Crippen LogP contribution in [0.25, 0.3) is 0 Å². The summed E-state index contributed by atoms with van der Waals surface area (Å²) in [5.41, 5.74) is 0.585. The first-order valence-electron chi connectivity index (χ1n) is 7.50. The fourth-order valence-corrected chi connectivity index (χ4v) is 3.89. The normalized spacial score (nSPS) is 18.4. The van der Waals surface area contributed by atoms with Gasteiger partial charge in [0.1, 0.15) is 0 Å². The van der Waals surface area contributed by atoms with E-state index in [-0.39, 0.29) is 17.0 Å². The molecule has 21 heavy (non-hydrogen) atoms. The van der Waals surface area contributed by atoms with E-state index >= 15 is 0 Å². The van der Waals surface area contributed by atoms with Gasteiger partial charge in [-0.05, 0) is 37.1 Å². The Morgan fingerprint density at radius 3 is 2.29 bits per heavy atom. The van der Waals surface area contributed by atoms with Crippen LogP contribution in [0, 0.1) is 0 Å². The maximum atomic E-state index is 11.9. The summed E-state index contributed by atoms with van der Waals surface area (Å²) in [6.07, 6.45) is 5.33. The summed E-state index contributed by atoms with van der Waals surface area (Å²) in [5, 5.41) is 13.1. The molecule has 0 amide bonds. The molecule has 6 heteroatoms. The van der Waals surface area contributed by atoms with Gasteiger partial charge in [-0.15, -0.1) is 0 Å². The molecular weight excluding hydrogens is 288 g/mol. The maximum absolute atomic E-state index is 11.9. The Labute approximate surface area is 126 Å². The Kier molecular flexibility index (Phi) is 5.24. The van der Waals surface area contributed by atoms with Gasteiger partial charge in [0.2, 0.25) is 10.0 Å². The molecule has 118 valence electrons. The lowest BCUT2D eigenvalue weighted by Gasteiger charge is -2.37. The molecule has 0 bridgehead atoms. The molecular formula is C15H24N2O3S. The van der Waals surface area contributed by atoms with Crippen molar-refractivity contribution in [2.75, 3.05) is 18.5 Å². The molecule has 0 radical (unpaired) electrons. The zero-order valence-corrected chi connectivity index (χ0v) is 13.2. The number of benzene rings is 1. The van der Waals surface area contributed by atoms with Crippen molar-refractivity contribution in [2.45, 2.75) is 49.5 Å². The summed E-state index contributed by atoms with van der Waals surface area (Å²) in [7, 11) is -3.41. The number of aliphatic hydroxyl groups is 1. The van der Waals surface area contributed by atoms with Crippen LogP contribution in [-0.4, -0.2) is 32.2 Å². The highest BCUT2D eigenvalue weighted by Gasteiger charge is 2.31. The summed E-state index contributed by atoms with van der Waals surface area (Å²) in [6.45, 7) is 2.22. The molecule has 1 fully saturated rings. The van der Waals surface area contributed by atoms with Crippen molar-refractivity contribution in [3.63, 3.8) is 0 Å². The Balaban J connectivity index is 2.12. The molecule has 1 aliphatic carbocycles. The number of hydrogen-bond acceptors (Lipinski definition) is 4. The summed E-state index contributed by atoms with van der Waals surface area (Å²) in [5.74, 6) is 0. The van der Waals surface area contributed by atoms with E-state index in [9.17, 15) is 13.5 Å². The summed E-state index contributed by atoms with van der Waals surface area (Å²) >= 11 is 0. The fraction of sp³-hybridized carbons (Fsp3) is 0.600. The predicted molar refractivity (Wildman–Crippen MR) is 83.8 cm³/mol. The summed E-state index contributed by atoms with van der Waals surface area (Å²) in [6, 6.07) is 6.70. The smallest absolute Gasteiger partial charge is 0.240 e. The van der Waals surface area contributed by atoms with Crippen LogP contribution in [0.4, 0.5) is 5.69 Å². The van der Waals surface area contributed by atoms with Gasteiger partial charge in [0.05, 0.1) is 17.0 Å². The highest BCUT2D eigenvalue weighted by molar-refractivity contribution is 7.89. The monoisotopic (exact) mass is 312 g/mol. The van der Waals surface area contributed by atoms with E-state index in [1.807, 2.05) is 0 Å². The largest absolute Gasteiger partial charge is 0.394 e. The van der Waals surface area contributed by atoms with E-state index < -0.39 is 10.0 Å². The van der Waals surface area contributed by atoms with E-state index in [2.05, 4.69) is 10.0 Å². The first kappa shape index (κ1) is 16.3. The molecule has 1 saturated carbocycles. The molecule has 0 unspecified atom stereocenters. The first-order chi connectivity index (χ1) is 10.0. The predicted octanol–water partition coefficient (Wildman–Crippen LogP) is 2.09. The fourth-order valence-electron chi connectivity index (χ4n) is 2.85. The topological polar surface area (TPSA) is 78.4 Å². The Bertz CT molecular complexity index is 549. The number of anilines is 1. The third-order valence-electron chi connectivity index (χ3n) is 4.02. The minimum absolute atomic E-state index is 0.102. The van der Waals surface area contributed by atoms with Crippen LogP contribution in [0.1, 0.15) is 39.0 Å². The third-order valence-corrected chi connectivity index (χ3v) is 5.58. The zero-order valence-electron chi connectivity index (χ0n) is 12.4. The molecule has 0 atom stereocenters. The van der Waals surface area contributed by atoms with Gasteiger partial charge < -0.3 is 10.4 Å². The van der Waals surface area contributed by atoms with Crippen LogP contribution < -0.4 is 10.0 Å². The molecule has 0 aliphatic heterocycles. The lowest BCUT2D eigenvalue weighted by Crippen LogP contribution is -2.43. The van der Waals surface area contributed by atoms with Crippen molar-refractivity contribution in [1.29, 1.82) is 0 Å². The molecule has 2 rings (SSSR count). The number of sulfonamides is 1. The van der Waals surface area contributed by atoms with Gasteiger partial charge >= 0.3 is 0 Å². The number of nitrogens with one attached hydrogen (secondary N) is 2. The molecule has 1 aliphatic rings. The van der Waals surface area contributed by atoms with Gasteiger partial charge in [0, 0.05) is 12.2 Å². The molecule has 1 aromatic rings. The minimum atomic E-state index is -3.41. The molecule has 0 spiro atoms. The molecule has 5 nitrogen and oxygen atoms in total. The first-order valence-corrected chi connectivity index (χ1v) is 8.98. The van der Waals surface area contributed by atoms with Crippen molar-refractivity contribution >= 4 is 15.7 Å². The van der Waals surface area contributed by atoms with Gasteiger partial charge in [0.25, 0.3) is 0 Å². The maximum Gasteiger partial charge on any atom is 0.240 e. The standard InChI is InChI=1S/C15H24N2O3S/c1-2-16-21(19,20)14-8-6-13(7-9-14)17-15(12-18)10-4-3-5-11-15/h6-9,16-18H,2-5,10-12H2,1H3. The van der Waals surface area contributed by atoms with Crippen molar-refractivity contribution in [3.05, 3.63) is 24.3 Å². The van der Waals surface area contributed by atoms with E-state index in [1.165, 1.54) is 6.42 Å². The van der Waals surface area contributed by atoms with Crippen molar-refractivity contribution in [1.82, 2.24) is 4.72 Å². The quantitative estimate of drug-likeness (QED) is 0.751. The number of aliphatic hydroxyl groups excluding tert-OH is 1. The van der Waals surface area contributed by atoms with Gasteiger partial charge in [-0.25, -0.2) is 13.1 Å². The average Bonchev–Trinajstić information content (AvgIpc) is 2.49. The highest BCUT2D eigenvalue weighted by atomic mass is 32.2. The van der Waals surface area contributed by atoms with Crippen LogP contribution in [-0.2, 0) is 10.0 Å². The van der Waals surface area contributed by atoms with Crippen molar-refractivity contribution < 1.29 is 13.5 Å². The van der Waals surface area contributed by atoms with E-state index in [0.717, 1.165) is 31.4 Å². The van der Waals surface area contributed by atoms with Crippen LogP contribution in [0.2, 0.25) is 0 Å². The van der Waals surface area contributed by atoms with Crippen LogP contribution in [0.5, 0.6) is 0 Å². The van der Waals surface area contributed by atoms with Crippen LogP contribution >= 0.6 is 0 Å². The Morgan fingerprint density at radius 1 is 1.14 bits per heavy atom. The molecule has 3 N–H and O–H groups in total. The molecule has 0 heterocycles. The molecule has 0 aromatic heterocycles. The van der Waals surface area contributed by atoms with Crippen molar-refractivity contribution in [2.24, 2.45) is 0 Å². The van der Waals surface area contributed by atoms with E-state index in [0.29, 0.717) is 6.54 Å². The second-order valence-corrected chi connectivity index (χ2v) is 7.42. The van der Waals surface area contributed by atoms with Crippen molar-refractivity contribution in [3.8, 4) is 0 Å². The Morgan fingerprint density at radius 2 is 1.76 bits per heavy atom. The minimum Gasteiger partial charge on any atom is -0.394 e.